The molecule has 0 radical (unpaired) electrons. The summed E-state index contributed by atoms with van der Waals surface area (Å²) in [7, 11) is 1.91. The predicted octanol–water partition coefficient (Wildman–Crippen LogP) is 2.01. The van der Waals surface area contributed by atoms with Crippen molar-refractivity contribution < 1.29 is 14.6 Å². The lowest BCUT2D eigenvalue weighted by molar-refractivity contribution is 0.0690. The maximum atomic E-state index is 10.9. The summed E-state index contributed by atoms with van der Waals surface area (Å²) in [4.78, 5) is 17.7. The number of hydrogen-bond acceptors (Lipinski definition) is 5. The Labute approximate surface area is 110 Å². The first-order valence-corrected chi connectivity index (χ1v) is 6.89. The van der Waals surface area contributed by atoms with E-state index in [1.807, 2.05) is 11.9 Å². The van der Waals surface area contributed by atoms with Gasteiger partial charge in [0.1, 0.15) is 0 Å². The van der Waals surface area contributed by atoms with Gasteiger partial charge < -0.3 is 14.7 Å². The highest BCUT2D eigenvalue weighted by Crippen LogP contribution is 2.29. The quantitative estimate of drug-likeness (QED) is 0.768. The van der Waals surface area contributed by atoms with Crippen molar-refractivity contribution in [3.8, 4) is 0 Å². The molecule has 1 aliphatic rings. The Bertz CT molecular complexity index is 429. The van der Waals surface area contributed by atoms with Crippen LogP contribution in [0.2, 0.25) is 0 Å². The Kier molecular flexibility index (Phi) is 4.19. The summed E-state index contributed by atoms with van der Waals surface area (Å²) in [5, 5.41) is 9.68. The SMILES string of the molecule is Cc1sc(N(C)CCOCC2CC2)nc1C(=O)O. The fourth-order valence-electron chi connectivity index (χ4n) is 1.58. The third-order valence-electron chi connectivity index (χ3n) is 2.94. The second-order valence-corrected chi connectivity index (χ2v) is 5.83. The van der Waals surface area contributed by atoms with E-state index in [9.17, 15) is 4.79 Å². The minimum atomic E-state index is -0.964. The number of aromatic carboxylic acids is 1. The molecule has 0 aliphatic heterocycles. The lowest BCUT2D eigenvalue weighted by Gasteiger charge is -2.15. The number of ether oxygens (including phenoxy) is 1. The smallest absolute Gasteiger partial charge is 0.355 e. The van der Waals surface area contributed by atoms with E-state index >= 15 is 0 Å². The van der Waals surface area contributed by atoms with Crippen LogP contribution in [0, 0.1) is 12.8 Å². The molecule has 1 N–H and O–H groups in total. The van der Waals surface area contributed by atoms with Crippen LogP contribution in [0.15, 0.2) is 0 Å². The van der Waals surface area contributed by atoms with E-state index in [1.54, 1.807) is 6.92 Å². The van der Waals surface area contributed by atoms with Crippen LogP contribution in [0.3, 0.4) is 0 Å². The molecule has 0 spiro atoms. The maximum absolute atomic E-state index is 10.9. The van der Waals surface area contributed by atoms with Crippen molar-refractivity contribution in [3.05, 3.63) is 10.6 Å². The molecule has 0 aromatic carbocycles. The second-order valence-electron chi connectivity index (χ2n) is 4.65. The van der Waals surface area contributed by atoms with Gasteiger partial charge in [-0.2, -0.15) is 0 Å². The number of aromatic nitrogens is 1. The number of anilines is 1. The number of aryl methyl sites for hydroxylation is 1. The molecule has 2 rings (SSSR count). The molecule has 6 heteroatoms. The van der Waals surface area contributed by atoms with Gasteiger partial charge in [0.05, 0.1) is 6.61 Å². The van der Waals surface area contributed by atoms with Gasteiger partial charge in [-0.25, -0.2) is 9.78 Å². The van der Waals surface area contributed by atoms with E-state index in [1.165, 1.54) is 24.2 Å². The Balaban J connectivity index is 1.81. The average molecular weight is 270 g/mol. The average Bonchev–Trinajstić information content (AvgIpc) is 3.05. The van der Waals surface area contributed by atoms with Crippen molar-refractivity contribution in [3.63, 3.8) is 0 Å². The zero-order chi connectivity index (χ0) is 13.1. The van der Waals surface area contributed by atoms with Crippen molar-refractivity contribution in [2.24, 2.45) is 5.92 Å². The van der Waals surface area contributed by atoms with Crippen LogP contribution in [0.1, 0.15) is 28.2 Å². The van der Waals surface area contributed by atoms with Gasteiger partial charge in [-0.1, -0.05) is 0 Å². The lowest BCUT2D eigenvalue weighted by atomic mass is 10.4. The van der Waals surface area contributed by atoms with E-state index < -0.39 is 5.97 Å². The second kappa shape index (κ2) is 5.67. The Morgan fingerprint density at radius 1 is 1.61 bits per heavy atom. The molecule has 18 heavy (non-hydrogen) atoms. The third-order valence-corrected chi connectivity index (χ3v) is 4.02. The van der Waals surface area contributed by atoms with Gasteiger partial charge in [0.15, 0.2) is 10.8 Å². The molecule has 5 nitrogen and oxygen atoms in total. The minimum absolute atomic E-state index is 0.153. The maximum Gasteiger partial charge on any atom is 0.355 e. The highest BCUT2D eigenvalue weighted by Gasteiger charge is 2.21. The van der Waals surface area contributed by atoms with Crippen molar-refractivity contribution in [2.45, 2.75) is 19.8 Å². The molecule has 1 heterocycles. The number of carbonyl (C=O) groups is 1. The third kappa shape index (κ3) is 3.43. The fourth-order valence-corrected chi connectivity index (χ4v) is 2.46. The molecule has 1 aliphatic carbocycles. The number of nitrogens with zero attached hydrogens (tertiary/aromatic N) is 2. The number of carboxylic acids is 1. The van der Waals surface area contributed by atoms with Crippen molar-refractivity contribution in [1.29, 1.82) is 0 Å². The highest BCUT2D eigenvalue weighted by atomic mass is 32.1. The molecule has 1 saturated carbocycles. The topological polar surface area (TPSA) is 62.7 Å². The number of thiazole rings is 1. The first kappa shape index (κ1) is 13.3. The van der Waals surface area contributed by atoms with Crippen LogP contribution in [0.25, 0.3) is 0 Å². The standard InChI is InChI=1S/C12H18N2O3S/c1-8-10(11(15)16)13-12(18-8)14(2)5-6-17-7-9-3-4-9/h9H,3-7H2,1-2H3,(H,15,16). The van der Waals surface area contributed by atoms with Gasteiger partial charge in [-0.3, -0.25) is 0 Å². The molecule has 1 aromatic heterocycles. The molecule has 100 valence electrons. The summed E-state index contributed by atoms with van der Waals surface area (Å²) in [6.07, 6.45) is 2.59. The lowest BCUT2D eigenvalue weighted by Crippen LogP contribution is -2.23. The summed E-state index contributed by atoms with van der Waals surface area (Å²) in [5.74, 6) is -0.190. The van der Waals surface area contributed by atoms with E-state index in [0.717, 1.165) is 29.1 Å². The number of carboxylic acid groups (broad SMARTS) is 1. The largest absolute Gasteiger partial charge is 0.476 e. The van der Waals surface area contributed by atoms with Crippen LogP contribution in [0.5, 0.6) is 0 Å². The molecule has 1 fully saturated rings. The Morgan fingerprint density at radius 3 is 2.89 bits per heavy atom. The van der Waals surface area contributed by atoms with Crippen LogP contribution >= 0.6 is 11.3 Å². The van der Waals surface area contributed by atoms with Gasteiger partial charge in [0, 0.05) is 25.1 Å². The van der Waals surface area contributed by atoms with Crippen molar-refractivity contribution in [2.75, 3.05) is 31.7 Å². The van der Waals surface area contributed by atoms with Gasteiger partial charge in [0.25, 0.3) is 0 Å². The van der Waals surface area contributed by atoms with E-state index in [2.05, 4.69) is 4.98 Å². The zero-order valence-electron chi connectivity index (χ0n) is 10.7. The van der Waals surface area contributed by atoms with E-state index in [0.29, 0.717) is 6.61 Å². The molecular formula is C12H18N2O3S. The molecule has 1 aromatic rings. The molecule has 0 unspecified atom stereocenters. The fraction of sp³-hybridized carbons (Fsp3) is 0.667. The number of likely N-dealkylation sites (N-methyl/N-ethyl adjacent to an activating group) is 1. The highest BCUT2D eigenvalue weighted by molar-refractivity contribution is 7.15. The van der Waals surface area contributed by atoms with Crippen LogP contribution in [-0.2, 0) is 4.74 Å². The summed E-state index contributed by atoms with van der Waals surface area (Å²) in [6.45, 7) is 4.03. The Morgan fingerprint density at radius 2 is 2.33 bits per heavy atom. The predicted molar refractivity (Wildman–Crippen MR) is 70.6 cm³/mol. The monoisotopic (exact) mass is 270 g/mol. The number of rotatable bonds is 7. The van der Waals surface area contributed by atoms with Gasteiger partial charge >= 0.3 is 5.97 Å². The molecule has 0 bridgehead atoms. The van der Waals surface area contributed by atoms with Crippen molar-refractivity contribution in [1.82, 2.24) is 4.98 Å². The first-order chi connectivity index (χ1) is 8.58. The van der Waals surface area contributed by atoms with Gasteiger partial charge in [-0.15, -0.1) is 11.3 Å². The normalized spacial score (nSPS) is 14.8. The van der Waals surface area contributed by atoms with Gasteiger partial charge in [0.2, 0.25) is 0 Å². The Hall–Kier alpha value is -1.14. The molecule has 0 saturated heterocycles. The van der Waals surface area contributed by atoms with Crippen LogP contribution in [-0.4, -0.2) is 42.9 Å². The number of hydrogen-bond donors (Lipinski definition) is 1. The summed E-state index contributed by atoms with van der Waals surface area (Å²) in [5.41, 5.74) is 0.153. The first-order valence-electron chi connectivity index (χ1n) is 6.07. The molecular weight excluding hydrogens is 252 g/mol. The van der Waals surface area contributed by atoms with Crippen LogP contribution in [0.4, 0.5) is 5.13 Å². The van der Waals surface area contributed by atoms with E-state index in [4.69, 9.17) is 9.84 Å². The van der Waals surface area contributed by atoms with Crippen LogP contribution < -0.4 is 4.90 Å². The molecule has 0 amide bonds. The summed E-state index contributed by atoms with van der Waals surface area (Å²) >= 11 is 1.41. The zero-order valence-corrected chi connectivity index (χ0v) is 11.5. The minimum Gasteiger partial charge on any atom is -0.476 e. The van der Waals surface area contributed by atoms with Crippen molar-refractivity contribution >= 4 is 22.4 Å². The molecule has 0 atom stereocenters. The van der Waals surface area contributed by atoms with E-state index in [-0.39, 0.29) is 5.69 Å². The summed E-state index contributed by atoms with van der Waals surface area (Å²) in [6, 6.07) is 0. The van der Waals surface area contributed by atoms with Gasteiger partial charge in [-0.05, 0) is 25.7 Å². The summed E-state index contributed by atoms with van der Waals surface area (Å²) < 4.78 is 5.55.